The highest BCUT2D eigenvalue weighted by molar-refractivity contribution is 5.86. The summed E-state index contributed by atoms with van der Waals surface area (Å²) < 4.78 is 54.6. The molecule has 0 radical (unpaired) electrons. The van der Waals surface area contributed by atoms with E-state index in [0.29, 0.717) is 6.42 Å². The van der Waals surface area contributed by atoms with Crippen LogP contribution in [-0.4, -0.2) is 50.2 Å². The Balaban J connectivity index is 0.00000363. The van der Waals surface area contributed by atoms with Gasteiger partial charge < -0.3 is 19.9 Å². The smallest absolute Gasteiger partial charge is 0.389 e. The second kappa shape index (κ2) is 11.8. The SMILES string of the molecule is C[C@@H]1OC(=O)[C@@H](N)COC[C@H](Cc2cccc3ccccc23)[C@H]1OCCCC(F)(F)F.Cl. The van der Waals surface area contributed by atoms with Gasteiger partial charge in [0.25, 0.3) is 0 Å². The van der Waals surface area contributed by atoms with Crippen molar-refractivity contribution in [2.75, 3.05) is 19.8 Å². The number of rotatable bonds is 6. The maximum absolute atomic E-state index is 12.5. The van der Waals surface area contributed by atoms with Crippen molar-refractivity contribution in [2.24, 2.45) is 11.7 Å². The lowest BCUT2D eigenvalue weighted by Crippen LogP contribution is -2.42. The molecule has 9 heteroatoms. The number of esters is 1. The van der Waals surface area contributed by atoms with Crippen LogP contribution in [0.1, 0.15) is 25.3 Å². The summed E-state index contributed by atoms with van der Waals surface area (Å²) in [6.07, 6.45) is -6.07. The van der Waals surface area contributed by atoms with Gasteiger partial charge in [0.15, 0.2) is 0 Å². The van der Waals surface area contributed by atoms with Gasteiger partial charge in [-0.1, -0.05) is 42.5 Å². The van der Waals surface area contributed by atoms with E-state index in [0.717, 1.165) is 16.3 Å². The summed E-state index contributed by atoms with van der Waals surface area (Å²) in [5.41, 5.74) is 6.87. The van der Waals surface area contributed by atoms with Gasteiger partial charge in [-0.15, -0.1) is 12.4 Å². The van der Waals surface area contributed by atoms with Gasteiger partial charge in [0.1, 0.15) is 12.1 Å². The van der Waals surface area contributed by atoms with E-state index in [2.05, 4.69) is 0 Å². The van der Waals surface area contributed by atoms with Crippen molar-refractivity contribution in [3.05, 3.63) is 48.0 Å². The van der Waals surface area contributed by atoms with E-state index in [1.165, 1.54) is 0 Å². The van der Waals surface area contributed by atoms with E-state index in [4.69, 9.17) is 19.9 Å². The Labute approximate surface area is 191 Å². The number of ether oxygens (including phenoxy) is 3. The lowest BCUT2D eigenvalue weighted by atomic mass is 9.89. The van der Waals surface area contributed by atoms with Crippen molar-refractivity contribution in [1.82, 2.24) is 0 Å². The molecule has 3 rings (SSSR count). The highest BCUT2D eigenvalue weighted by Gasteiger charge is 2.34. The Kier molecular flexibility index (Phi) is 9.76. The molecule has 0 aliphatic carbocycles. The quantitative estimate of drug-likeness (QED) is 0.494. The lowest BCUT2D eigenvalue weighted by molar-refractivity contribution is -0.161. The number of carbonyl (C=O) groups excluding carboxylic acids is 1. The van der Waals surface area contributed by atoms with Crippen molar-refractivity contribution in [1.29, 1.82) is 0 Å². The van der Waals surface area contributed by atoms with Crippen molar-refractivity contribution in [3.63, 3.8) is 0 Å². The molecule has 1 aliphatic rings. The van der Waals surface area contributed by atoms with Crippen LogP contribution in [0.5, 0.6) is 0 Å². The van der Waals surface area contributed by atoms with E-state index in [-0.39, 0.29) is 44.6 Å². The molecule has 0 amide bonds. The van der Waals surface area contributed by atoms with Crippen LogP contribution >= 0.6 is 12.4 Å². The Morgan fingerprint density at radius 1 is 1.12 bits per heavy atom. The molecule has 0 aromatic heterocycles. The number of hydrogen-bond donors (Lipinski definition) is 1. The molecule has 4 atom stereocenters. The molecule has 0 unspecified atom stereocenters. The molecule has 5 nitrogen and oxygen atoms in total. The van der Waals surface area contributed by atoms with E-state index in [1.54, 1.807) is 6.92 Å². The molecule has 1 saturated heterocycles. The van der Waals surface area contributed by atoms with E-state index >= 15 is 0 Å². The Morgan fingerprint density at radius 2 is 1.84 bits per heavy atom. The van der Waals surface area contributed by atoms with Crippen LogP contribution in [0.4, 0.5) is 13.2 Å². The first kappa shape index (κ1) is 26.4. The normalized spacial score (nSPS) is 24.7. The molecule has 1 heterocycles. The summed E-state index contributed by atoms with van der Waals surface area (Å²) in [4.78, 5) is 12.1. The maximum Gasteiger partial charge on any atom is 0.389 e. The number of benzene rings is 2. The zero-order chi connectivity index (χ0) is 22.4. The van der Waals surface area contributed by atoms with Gasteiger partial charge in [0.2, 0.25) is 0 Å². The van der Waals surface area contributed by atoms with Crippen LogP contribution < -0.4 is 5.73 Å². The van der Waals surface area contributed by atoms with Gasteiger partial charge in [-0.25, -0.2) is 0 Å². The number of fused-ring (bicyclic) bond motifs is 1. The Bertz CT molecular complexity index is 874. The van der Waals surface area contributed by atoms with Gasteiger partial charge in [-0.05, 0) is 36.1 Å². The minimum Gasteiger partial charge on any atom is -0.459 e. The molecule has 0 saturated carbocycles. The molecular formula is C23H29ClF3NO4. The van der Waals surface area contributed by atoms with Crippen LogP contribution in [0.25, 0.3) is 10.8 Å². The van der Waals surface area contributed by atoms with Crippen LogP contribution in [-0.2, 0) is 25.4 Å². The number of halogens is 4. The van der Waals surface area contributed by atoms with Crippen LogP contribution in [0.3, 0.4) is 0 Å². The van der Waals surface area contributed by atoms with Gasteiger partial charge in [0, 0.05) is 18.9 Å². The lowest BCUT2D eigenvalue weighted by Gasteiger charge is -2.31. The first-order valence-electron chi connectivity index (χ1n) is 10.4. The Hall–Kier alpha value is -1.87. The molecule has 1 fully saturated rings. The number of cyclic esters (lactones) is 1. The summed E-state index contributed by atoms with van der Waals surface area (Å²) in [5.74, 6) is -0.841. The molecule has 0 spiro atoms. The highest BCUT2D eigenvalue weighted by Crippen LogP contribution is 2.27. The Morgan fingerprint density at radius 3 is 2.59 bits per heavy atom. The number of nitrogens with two attached hydrogens (primary N) is 1. The number of alkyl halides is 3. The first-order chi connectivity index (χ1) is 14.7. The number of carbonyl (C=O) groups is 1. The second-order valence-electron chi connectivity index (χ2n) is 7.94. The first-order valence-corrected chi connectivity index (χ1v) is 10.4. The molecule has 0 bridgehead atoms. The van der Waals surface area contributed by atoms with Gasteiger partial charge in [-0.2, -0.15) is 13.2 Å². The highest BCUT2D eigenvalue weighted by atomic mass is 35.5. The summed E-state index contributed by atoms with van der Waals surface area (Å²) in [6.45, 7) is 1.85. The van der Waals surface area contributed by atoms with E-state index < -0.39 is 36.8 Å². The summed E-state index contributed by atoms with van der Waals surface area (Å²) in [5, 5.41) is 2.18. The topological polar surface area (TPSA) is 70.8 Å². The molecule has 32 heavy (non-hydrogen) atoms. The van der Waals surface area contributed by atoms with Crippen molar-refractivity contribution in [2.45, 2.75) is 50.6 Å². The third-order valence-corrected chi connectivity index (χ3v) is 5.44. The molecule has 2 aromatic carbocycles. The maximum atomic E-state index is 12.5. The second-order valence-corrected chi connectivity index (χ2v) is 7.94. The predicted molar refractivity (Wildman–Crippen MR) is 118 cm³/mol. The molecular weight excluding hydrogens is 447 g/mol. The van der Waals surface area contributed by atoms with Gasteiger partial charge in [-0.3, -0.25) is 4.79 Å². The van der Waals surface area contributed by atoms with Crippen molar-refractivity contribution in [3.8, 4) is 0 Å². The largest absolute Gasteiger partial charge is 0.459 e. The van der Waals surface area contributed by atoms with Crippen molar-refractivity contribution < 1.29 is 32.2 Å². The third-order valence-electron chi connectivity index (χ3n) is 5.44. The van der Waals surface area contributed by atoms with Crippen LogP contribution in [0.15, 0.2) is 42.5 Å². The minimum atomic E-state index is -4.24. The zero-order valence-corrected chi connectivity index (χ0v) is 18.7. The zero-order valence-electron chi connectivity index (χ0n) is 17.8. The van der Waals surface area contributed by atoms with Crippen molar-refractivity contribution >= 4 is 29.1 Å². The van der Waals surface area contributed by atoms with Gasteiger partial charge in [0.05, 0.1) is 19.3 Å². The fourth-order valence-corrected chi connectivity index (χ4v) is 3.92. The molecule has 2 aromatic rings. The fraction of sp³-hybridized carbons (Fsp3) is 0.522. The van der Waals surface area contributed by atoms with Crippen LogP contribution in [0, 0.1) is 5.92 Å². The average Bonchev–Trinajstić information content (AvgIpc) is 2.76. The minimum absolute atomic E-state index is 0. The van der Waals surface area contributed by atoms with Gasteiger partial charge >= 0.3 is 12.1 Å². The summed E-state index contributed by atoms with van der Waals surface area (Å²) >= 11 is 0. The monoisotopic (exact) mass is 475 g/mol. The summed E-state index contributed by atoms with van der Waals surface area (Å²) in [7, 11) is 0. The third kappa shape index (κ3) is 7.33. The predicted octanol–water partition coefficient (Wildman–Crippen LogP) is 4.44. The molecule has 2 N–H and O–H groups in total. The summed E-state index contributed by atoms with van der Waals surface area (Å²) in [6, 6.07) is 13.1. The molecule has 1 aliphatic heterocycles. The molecule has 178 valence electrons. The van der Waals surface area contributed by atoms with Crippen LogP contribution in [0.2, 0.25) is 0 Å². The fourth-order valence-electron chi connectivity index (χ4n) is 3.92. The van der Waals surface area contributed by atoms with E-state index in [9.17, 15) is 18.0 Å². The number of hydrogen-bond acceptors (Lipinski definition) is 5. The standard InChI is InChI=1S/C23H28F3NO4.ClH/c1-15-21(30-11-5-10-23(24,25)26)18(13-29-14-20(27)22(28)31-15)12-17-8-4-7-16-6-2-3-9-19(16)17;/h2-4,6-9,15,18,20-21H,5,10-14,27H2,1H3;1H/t15-,18-,20-,21-;/m0./s1. The average molecular weight is 476 g/mol. The van der Waals surface area contributed by atoms with E-state index in [1.807, 2.05) is 42.5 Å².